The SMILES string of the molecule is CCNc1nc(-c2ccccn2)nc(C)c1F. The Morgan fingerprint density at radius 3 is 2.76 bits per heavy atom. The van der Waals surface area contributed by atoms with E-state index >= 15 is 0 Å². The Morgan fingerprint density at radius 2 is 2.12 bits per heavy atom. The first-order valence-corrected chi connectivity index (χ1v) is 5.41. The predicted molar refractivity (Wildman–Crippen MR) is 64.1 cm³/mol. The lowest BCUT2D eigenvalue weighted by Crippen LogP contribution is -2.07. The highest BCUT2D eigenvalue weighted by molar-refractivity contribution is 5.53. The van der Waals surface area contributed by atoms with Gasteiger partial charge in [0.05, 0.1) is 5.69 Å². The number of hydrogen-bond acceptors (Lipinski definition) is 4. The maximum absolute atomic E-state index is 13.7. The number of hydrogen-bond donors (Lipinski definition) is 1. The minimum absolute atomic E-state index is 0.223. The summed E-state index contributed by atoms with van der Waals surface area (Å²) in [5, 5.41) is 2.87. The number of nitrogens with one attached hydrogen (secondary N) is 1. The summed E-state index contributed by atoms with van der Waals surface area (Å²) in [7, 11) is 0. The van der Waals surface area contributed by atoms with Gasteiger partial charge < -0.3 is 5.32 Å². The Labute approximate surface area is 99.0 Å². The molecule has 0 aromatic carbocycles. The smallest absolute Gasteiger partial charge is 0.186 e. The van der Waals surface area contributed by atoms with Crippen LogP contribution in [0.1, 0.15) is 12.6 Å². The molecule has 2 aromatic heterocycles. The molecular formula is C12H13FN4. The van der Waals surface area contributed by atoms with Gasteiger partial charge in [0.15, 0.2) is 17.5 Å². The standard InChI is InChI=1S/C12H13FN4/c1-3-14-12-10(13)8(2)16-11(17-12)9-6-4-5-7-15-9/h4-7H,3H2,1-2H3,(H,14,16,17). The molecule has 0 saturated carbocycles. The van der Waals surface area contributed by atoms with E-state index in [9.17, 15) is 4.39 Å². The van der Waals surface area contributed by atoms with Gasteiger partial charge in [0, 0.05) is 12.7 Å². The summed E-state index contributed by atoms with van der Waals surface area (Å²) in [4.78, 5) is 12.4. The van der Waals surface area contributed by atoms with Crippen LogP contribution in [0.3, 0.4) is 0 Å². The highest BCUT2D eigenvalue weighted by atomic mass is 19.1. The van der Waals surface area contributed by atoms with Gasteiger partial charge in [-0.15, -0.1) is 0 Å². The molecule has 0 amide bonds. The van der Waals surface area contributed by atoms with Crippen LogP contribution in [0.15, 0.2) is 24.4 Å². The van der Waals surface area contributed by atoms with E-state index in [4.69, 9.17) is 0 Å². The number of nitrogens with zero attached hydrogens (tertiary/aromatic N) is 3. The average Bonchev–Trinajstić information content (AvgIpc) is 2.36. The van der Waals surface area contributed by atoms with E-state index in [-0.39, 0.29) is 5.82 Å². The molecule has 2 heterocycles. The zero-order chi connectivity index (χ0) is 12.3. The monoisotopic (exact) mass is 232 g/mol. The fourth-order valence-corrected chi connectivity index (χ4v) is 1.45. The van der Waals surface area contributed by atoms with E-state index < -0.39 is 5.82 Å². The Bertz CT molecular complexity index is 513. The van der Waals surface area contributed by atoms with Gasteiger partial charge in [-0.25, -0.2) is 14.4 Å². The zero-order valence-electron chi connectivity index (χ0n) is 9.74. The van der Waals surface area contributed by atoms with Gasteiger partial charge in [-0.05, 0) is 26.0 Å². The molecular weight excluding hydrogens is 219 g/mol. The second-order valence-corrected chi connectivity index (χ2v) is 3.54. The molecule has 4 nitrogen and oxygen atoms in total. The van der Waals surface area contributed by atoms with Crippen LogP contribution < -0.4 is 5.32 Å². The van der Waals surface area contributed by atoms with Gasteiger partial charge in [-0.3, -0.25) is 4.98 Å². The minimum Gasteiger partial charge on any atom is -0.368 e. The van der Waals surface area contributed by atoms with Gasteiger partial charge >= 0.3 is 0 Å². The Morgan fingerprint density at radius 1 is 1.29 bits per heavy atom. The molecule has 5 heteroatoms. The highest BCUT2D eigenvalue weighted by Gasteiger charge is 2.12. The molecule has 0 unspecified atom stereocenters. The summed E-state index contributed by atoms with van der Waals surface area (Å²) < 4.78 is 13.7. The largest absolute Gasteiger partial charge is 0.368 e. The van der Waals surface area contributed by atoms with Crippen molar-refractivity contribution in [3.05, 3.63) is 35.9 Å². The summed E-state index contributed by atoms with van der Waals surface area (Å²) in [5.41, 5.74) is 0.950. The van der Waals surface area contributed by atoms with Crippen molar-refractivity contribution in [2.24, 2.45) is 0 Å². The fraction of sp³-hybridized carbons (Fsp3) is 0.250. The third-order valence-electron chi connectivity index (χ3n) is 2.26. The molecule has 0 atom stereocenters. The van der Waals surface area contributed by atoms with Crippen LogP contribution in [-0.4, -0.2) is 21.5 Å². The normalized spacial score (nSPS) is 10.3. The van der Waals surface area contributed by atoms with Crippen LogP contribution in [0.5, 0.6) is 0 Å². The summed E-state index contributed by atoms with van der Waals surface area (Å²) in [6.45, 7) is 4.11. The third-order valence-corrected chi connectivity index (χ3v) is 2.26. The highest BCUT2D eigenvalue weighted by Crippen LogP contribution is 2.19. The summed E-state index contributed by atoms with van der Waals surface area (Å²) in [5.74, 6) is 0.243. The number of rotatable bonds is 3. The summed E-state index contributed by atoms with van der Waals surface area (Å²) in [6.07, 6.45) is 1.66. The van der Waals surface area contributed by atoms with Crippen molar-refractivity contribution < 1.29 is 4.39 Å². The molecule has 1 N–H and O–H groups in total. The van der Waals surface area contributed by atoms with E-state index in [0.29, 0.717) is 23.8 Å². The van der Waals surface area contributed by atoms with Crippen LogP contribution in [0.4, 0.5) is 10.2 Å². The van der Waals surface area contributed by atoms with Crippen molar-refractivity contribution in [3.8, 4) is 11.5 Å². The van der Waals surface area contributed by atoms with E-state index in [2.05, 4.69) is 20.3 Å². The van der Waals surface area contributed by atoms with Crippen molar-refractivity contribution >= 4 is 5.82 Å². The van der Waals surface area contributed by atoms with Crippen LogP contribution in [-0.2, 0) is 0 Å². The van der Waals surface area contributed by atoms with Crippen molar-refractivity contribution in [1.29, 1.82) is 0 Å². The predicted octanol–water partition coefficient (Wildman–Crippen LogP) is 2.42. The lowest BCUT2D eigenvalue weighted by atomic mass is 10.3. The first-order valence-electron chi connectivity index (χ1n) is 5.41. The van der Waals surface area contributed by atoms with Crippen LogP contribution in [0, 0.1) is 12.7 Å². The number of aromatic nitrogens is 3. The number of anilines is 1. The van der Waals surface area contributed by atoms with Crippen molar-refractivity contribution in [2.75, 3.05) is 11.9 Å². The maximum atomic E-state index is 13.7. The average molecular weight is 232 g/mol. The van der Waals surface area contributed by atoms with Gasteiger partial charge in [-0.1, -0.05) is 6.07 Å². The van der Waals surface area contributed by atoms with Crippen LogP contribution >= 0.6 is 0 Å². The van der Waals surface area contributed by atoms with Crippen molar-refractivity contribution in [3.63, 3.8) is 0 Å². The van der Waals surface area contributed by atoms with Crippen LogP contribution in [0.2, 0.25) is 0 Å². The van der Waals surface area contributed by atoms with Gasteiger partial charge in [0.1, 0.15) is 5.69 Å². The van der Waals surface area contributed by atoms with E-state index in [0.717, 1.165) is 0 Å². The van der Waals surface area contributed by atoms with E-state index in [1.807, 2.05) is 19.1 Å². The fourth-order valence-electron chi connectivity index (χ4n) is 1.45. The molecule has 88 valence electrons. The quantitative estimate of drug-likeness (QED) is 0.883. The maximum Gasteiger partial charge on any atom is 0.186 e. The molecule has 2 aromatic rings. The van der Waals surface area contributed by atoms with Crippen molar-refractivity contribution in [2.45, 2.75) is 13.8 Å². The summed E-state index contributed by atoms with van der Waals surface area (Å²) >= 11 is 0. The lowest BCUT2D eigenvalue weighted by Gasteiger charge is -2.08. The molecule has 2 rings (SSSR count). The molecule has 0 aliphatic carbocycles. The van der Waals surface area contributed by atoms with Gasteiger partial charge in [0.2, 0.25) is 0 Å². The Balaban J connectivity index is 2.49. The van der Waals surface area contributed by atoms with Crippen molar-refractivity contribution in [1.82, 2.24) is 15.0 Å². The number of aryl methyl sites for hydroxylation is 1. The minimum atomic E-state index is -0.411. The molecule has 0 bridgehead atoms. The molecule has 0 aliphatic rings. The van der Waals surface area contributed by atoms with E-state index in [1.165, 1.54) is 0 Å². The van der Waals surface area contributed by atoms with E-state index in [1.54, 1.807) is 19.2 Å². The summed E-state index contributed by atoms with van der Waals surface area (Å²) in [6, 6.07) is 5.45. The van der Waals surface area contributed by atoms with Gasteiger partial charge in [-0.2, -0.15) is 0 Å². The molecule has 0 saturated heterocycles. The third kappa shape index (κ3) is 2.38. The Kier molecular flexibility index (Phi) is 3.27. The second-order valence-electron chi connectivity index (χ2n) is 3.54. The second kappa shape index (κ2) is 4.86. The Hall–Kier alpha value is -2.04. The van der Waals surface area contributed by atoms with Crippen LogP contribution in [0.25, 0.3) is 11.5 Å². The molecule has 0 radical (unpaired) electrons. The molecule has 17 heavy (non-hydrogen) atoms. The number of pyridine rings is 1. The number of halogens is 1. The molecule has 0 spiro atoms. The molecule has 0 aliphatic heterocycles. The topological polar surface area (TPSA) is 50.7 Å². The first-order chi connectivity index (χ1) is 8.22. The van der Waals surface area contributed by atoms with Gasteiger partial charge in [0.25, 0.3) is 0 Å². The lowest BCUT2D eigenvalue weighted by molar-refractivity contribution is 0.606. The molecule has 0 fully saturated rings. The first kappa shape index (κ1) is 11.4. The zero-order valence-corrected chi connectivity index (χ0v) is 9.74.